The number of benzene rings is 1. The van der Waals surface area contributed by atoms with Gasteiger partial charge in [0.25, 0.3) is 11.6 Å². The highest BCUT2D eigenvalue weighted by Crippen LogP contribution is 2.20. The predicted octanol–water partition coefficient (Wildman–Crippen LogP) is 0.561. The molecule has 0 radical (unpaired) electrons. The lowest BCUT2D eigenvalue weighted by Gasteiger charge is -2.25. The molecular weight excluding hydrogens is 264 g/mol. The molecule has 0 aromatic heterocycles. The lowest BCUT2D eigenvalue weighted by atomic mass is 9.99. The fourth-order valence-corrected chi connectivity index (χ4v) is 1.71. The van der Waals surface area contributed by atoms with Gasteiger partial charge in [0.2, 0.25) is 5.91 Å². The zero-order valence-electron chi connectivity index (χ0n) is 11.2. The molecule has 0 spiro atoms. The SMILES string of the molecule is CC(C)(CC(N)=O)NC(=O)c1cc([N+](=O)[O-])ccc1N. The molecule has 0 fully saturated rings. The number of nitrogens with two attached hydrogens (primary N) is 2. The number of nitro benzene ring substituents is 1. The van der Waals surface area contributed by atoms with Crippen molar-refractivity contribution in [3.8, 4) is 0 Å². The molecule has 20 heavy (non-hydrogen) atoms. The van der Waals surface area contributed by atoms with Crippen LogP contribution in [-0.4, -0.2) is 22.3 Å². The number of rotatable bonds is 5. The second-order valence-corrected chi connectivity index (χ2v) is 5.01. The van der Waals surface area contributed by atoms with E-state index in [2.05, 4.69) is 5.32 Å². The number of non-ortho nitro benzene ring substituents is 1. The number of hydrogen-bond donors (Lipinski definition) is 3. The summed E-state index contributed by atoms with van der Waals surface area (Å²) in [5, 5.41) is 13.3. The van der Waals surface area contributed by atoms with Crippen molar-refractivity contribution in [1.82, 2.24) is 5.32 Å². The molecule has 0 aliphatic carbocycles. The average Bonchev–Trinajstić information content (AvgIpc) is 2.26. The lowest BCUT2D eigenvalue weighted by Crippen LogP contribution is -2.46. The maximum absolute atomic E-state index is 12.1. The monoisotopic (exact) mass is 280 g/mol. The van der Waals surface area contributed by atoms with Crippen LogP contribution in [0.2, 0.25) is 0 Å². The Morgan fingerprint density at radius 1 is 1.40 bits per heavy atom. The maximum atomic E-state index is 12.1. The molecule has 0 heterocycles. The smallest absolute Gasteiger partial charge is 0.270 e. The number of nitrogens with one attached hydrogen (secondary N) is 1. The van der Waals surface area contributed by atoms with Gasteiger partial charge < -0.3 is 16.8 Å². The lowest BCUT2D eigenvalue weighted by molar-refractivity contribution is -0.384. The summed E-state index contributed by atoms with van der Waals surface area (Å²) in [5.41, 5.74) is 9.70. The van der Waals surface area contributed by atoms with Gasteiger partial charge in [-0.2, -0.15) is 0 Å². The topological polar surface area (TPSA) is 141 Å². The third kappa shape index (κ3) is 3.94. The second kappa shape index (κ2) is 5.55. The summed E-state index contributed by atoms with van der Waals surface area (Å²) in [7, 11) is 0. The first-order valence-electron chi connectivity index (χ1n) is 5.77. The molecule has 5 N–H and O–H groups in total. The van der Waals surface area contributed by atoms with Crippen LogP contribution in [0.5, 0.6) is 0 Å². The first-order chi connectivity index (χ1) is 9.12. The number of nitrogen functional groups attached to an aromatic ring is 1. The largest absolute Gasteiger partial charge is 0.398 e. The zero-order valence-corrected chi connectivity index (χ0v) is 11.2. The average molecular weight is 280 g/mol. The van der Waals surface area contributed by atoms with Gasteiger partial charge in [-0.1, -0.05) is 0 Å². The Hall–Kier alpha value is -2.64. The zero-order chi connectivity index (χ0) is 15.5. The van der Waals surface area contributed by atoms with Crippen LogP contribution in [0.15, 0.2) is 18.2 Å². The van der Waals surface area contributed by atoms with Crippen molar-refractivity contribution >= 4 is 23.2 Å². The van der Waals surface area contributed by atoms with Crippen molar-refractivity contribution in [2.24, 2.45) is 5.73 Å². The third-order valence-electron chi connectivity index (χ3n) is 2.56. The van der Waals surface area contributed by atoms with E-state index in [0.717, 1.165) is 6.07 Å². The Balaban J connectivity index is 3.00. The van der Waals surface area contributed by atoms with Gasteiger partial charge in [0.1, 0.15) is 0 Å². The second-order valence-electron chi connectivity index (χ2n) is 5.01. The Labute approximate surface area is 115 Å². The van der Waals surface area contributed by atoms with Gasteiger partial charge in [0, 0.05) is 29.8 Å². The molecular formula is C12H16N4O4. The number of nitrogens with zero attached hydrogens (tertiary/aromatic N) is 1. The number of carbonyl (C=O) groups is 2. The van der Waals surface area contributed by atoms with Gasteiger partial charge in [-0.3, -0.25) is 19.7 Å². The Morgan fingerprint density at radius 2 is 2.00 bits per heavy atom. The highest BCUT2D eigenvalue weighted by molar-refractivity contribution is 6.00. The minimum absolute atomic E-state index is 0.0169. The first-order valence-corrected chi connectivity index (χ1v) is 5.77. The Kier molecular flexibility index (Phi) is 4.28. The standard InChI is InChI=1S/C12H16N4O4/c1-12(2,6-10(14)17)15-11(18)8-5-7(16(19)20)3-4-9(8)13/h3-5H,6,13H2,1-2H3,(H2,14,17)(H,15,18). The van der Waals surface area contributed by atoms with E-state index >= 15 is 0 Å². The van der Waals surface area contributed by atoms with E-state index in [-0.39, 0.29) is 23.4 Å². The van der Waals surface area contributed by atoms with Crippen molar-refractivity contribution in [3.63, 3.8) is 0 Å². The molecule has 2 amide bonds. The molecule has 0 bridgehead atoms. The minimum atomic E-state index is -0.875. The highest BCUT2D eigenvalue weighted by atomic mass is 16.6. The summed E-state index contributed by atoms with van der Waals surface area (Å²) < 4.78 is 0. The van der Waals surface area contributed by atoms with Crippen LogP contribution in [0, 0.1) is 10.1 Å². The summed E-state index contributed by atoms with van der Waals surface area (Å²) in [5.74, 6) is -1.17. The van der Waals surface area contributed by atoms with Crippen LogP contribution in [0.1, 0.15) is 30.6 Å². The molecule has 108 valence electrons. The molecule has 1 aromatic carbocycles. The molecule has 0 aliphatic rings. The van der Waals surface area contributed by atoms with E-state index in [0.29, 0.717) is 0 Å². The highest BCUT2D eigenvalue weighted by Gasteiger charge is 2.25. The van der Waals surface area contributed by atoms with Gasteiger partial charge in [0.15, 0.2) is 0 Å². The number of carbonyl (C=O) groups excluding carboxylic acids is 2. The van der Waals surface area contributed by atoms with Gasteiger partial charge in [-0.25, -0.2) is 0 Å². The van der Waals surface area contributed by atoms with E-state index in [1.54, 1.807) is 13.8 Å². The van der Waals surface area contributed by atoms with Gasteiger partial charge in [-0.15, -0.1) is 0 Å². The maximum Gasteiger partial charge on any atom is 0.270 e. The number of nitro groups is 1. The number of anilines is 1. The first kappa shape index (κ1) is 15.4. The number of primary amides is 1. The normalized spacial score (nSPS) is 10.9. The van der Waals surface area contributed by atoms with Crippen LogP contribution in [0.25, 0.3) is 0 Å². The quantitative estimate of drug-likeness (QED) is 0.410. The summed E-state index contributed by atoms with van der Waals surface area (Å²) in [6, 6.07) is 3.58. The van der Waals surface area contributed by atoms with Crippen molar-refractivity contribution in [1.29, 1.82) is 0 Å². The van der Waals surface area contributed by atoms with E-state index in [9.17, 15) is 19.7 Å². The summed E-state index contributed by atoms with van der Waals surface area (Å²) >= 11 is 0. The van der Waals surface area contributed by atoms with Crippen LogP contribution >= 0.6 is 0 Å². The fourth-order valence-electron chi connectivity index (χ4n) is 1.71. The summed E-state index contributed by atoms with van der Waals surface area (Å²) in [6.07, 6.45) is -0.0619. The van der Waals surface area contributed by atoms with Gasteiger partial charge >= 0.3 is 0 Å². The minimum Gasteiger partial charge on any atom is -0.398 e. The molecule has 0 aliphatic heterocycles. The Morgan fingerprint density at radius 3 is 2.50 bits per heavy atom. The molecule has 0 atom stereocenters. The summed E-state index contributed by atoms with van der Waals surface area (Å²) in [4.78, 5) is 33.0. The van der Waals surface area contributed by atoms with Crippen LogP contribution in [0.3, 0.4) is 0 Å². The molecule has 8 heteroatoms. The van der Waals surface area contributed by atoms with Crippen molar-refractivity contribution in [3.05, 3.63) is 33.9 Å². The van der Waals surface area contributed by atoms with E-state index < -0.39 is 22.3 Å². The third-order valence-corrected chi connectivity index (χ3v) is 2.56. The van der Waals surface area contributed by atoms with E-state index in [1.807, 2.05) is 0 Å². The molecule has 1 rings (SSSR count). The van der Waals surface area contributed by atoms with E-state index in [1.165, 1.54) is 12.1 Å². The number of hydrogen-bond acceptors (Lipinski definition) is 5. The van der Waals surface area contributed by atoms with Crippen molar-refractivity contribution in [2.45, 2.75) is 25.8 Å². The molecule has 8 nitrogen and oxygen atoms in total. The summed E-state index contributed by atoms with van der Waals surface area (Å²) in [6.45, 7) is 3.23. The number of amides is 2. The van der Waals surface area contributed by atoms with Gasteiger partial charge in [-0.05, 0) is 19.9 Å². The van der Waals surface area contributed by atoms with Gasteiger partial charge in [0.05, 0.1) is 10.5 Å². The predicted molar refractivity (Wildman–Crippen MR) is 72.9 cm³/mol. The molecule has 0 unspecified atom stereocenters. The van der Waals surface area contributed by atoms with Crippen LogP contribution in [0.4, 0.5) is 11.4 Å². The molecule has 0 saturated heterocycles. The fraction of sp³-hybridized carbons (Fsp3) is 0.333. The van der Waals surface area contributed by atoms with Crippen LogP contribution in [-0.2, 0) is 4.79 Å². The molecule has 1 aromatic rings. The Bertz CT molecular complexity index is 569. The molecule has 0 saturated carbocycles. The van der Waals surface area contributed by atoms with Crippen molar-refractivity contribution < 1.29 is 14.5 Å². The van der Waals surface area contributed by atoms with Crippen molar-refractivity contribution in [2.75, 3.05) is 5.73 Å². The van der Waals surface area contributed by atoms with Crippen LogP contribution < -0.4 is 16.8 Å². The van der Waals surface area contributed by atoms with E-state index in [4.69, 9.17) is 11.5 Å².